The van der Waals surface area contributed by atoms with Crippen LogP contribution in [0.2, 0.25) is 0 Å². The average molecular weight is 719 g/mol. The summed E-state index contributed by atoms with van der Waals surface area (Å²) in [6, 6.07) is 32.4. The monoisotopic (exact) mass is 718 g/mol. The molecule has 0 N–H and O–H groups in total. The second-order valence-corrected chi connectivity index (χ2v) is 13.1. The molecule has 0 atom stereocenters. The number of pyridine rings is 2. The van der Waals surface area contributed by atoms with E-state index in [1.165, 1.54) is 0 Å². The number of aryl methyl sites for hydroxylation is 2. The van der Waals surface area contributed by atoms with Crippen LogP contribution in [0.25, 0.3) is 67.4 Å². The normalized spacial score (nSPS) is 11.4. The van der Waals surface area contributed by atoms with E-state index >= 15 is 0 Å². The molecule has 274 valence electrons. The molecule has 0 spiro atoms. The van der Waals surface area contributed by atoms with Crippen LogP contribution in [0.4, 0.5) is 0 Å². The fraction of sp³-hybridized carbons (Fsp3) is 0.273. The van der Waals surface area contributed by atoms with Gasteiger partial charge in [-0.2, -0.15) is 0 Å². The van der Waals surface area contributed by atoms with Crippen LogP contribution in [0.3, 0.4) is 0 Å². The third-order valence-corrected chi connectivity index (χ3v) is 10.2. The van der Waals surface area contributed by atoms with E-state index in [4.69, 9.17) is 19.9 Å². The first-order valence-corrected chi connectivity index (χ1v) is 19.0. The highest BCUT2D eigenvalue weighted by Gasteiger charge is 2.20. The largest absolute Gasteiger partial charge is 0.338 e. The van der Waals surface area contributed by atoms with E-state index in [2.05, 4.69) is 83.6 Å². The molecule has 0 aliphatic carbocycles. The van der Waals surface area contributed by atoms with Crippen LogP contribution in [0, 0.1) is 0 Å². The van der Waals surface area contributed by atoms with Crippen LogP contribution in [0.1, 0.15) is 62.5 Å². The summed E-state index contributed by atoms with van der Waals surface area (Å²) >= 11 is 0. The zero-order valence-corrected chi connectivity index (χ0v) is 31.9. The summed E-state index contributed by atoms with van der Waals surface area (Å²) in [6.07, 6.45) is 0. The van der Waals surface area contributed by atoms with Gasteiger partial charge in [0.25, 0.3) is 11.8 Å². The molecular formula is C44H46N8O2. The van der Waals surface area contributed by atoms with Crippen LogP contribution >= 0.6 is 0 Å². The van der Waals surface area contributed by atoms with Gasteiger partial charge in [0, 0.05) is 39.3 Å². The summed E-state index contributed by atoms with van der Waals surface area (Å²) < 4.78 is 4.30. The Morgan fingerprint density at radius 2 is 0.852 bits per heavy atom. The van der Waals surface area contributed by atoms with Crippen LogP contribution < -0.4 is 0 Å². The molecule has 0 bridgehead atoms. The molecule has 0 unspecified atom stereocenters. The Hall–Kier alpha value is -6.16. The molecule has 10 heteroatoms. The maximum Gasteiger partial charge on any atom is 0.272 e. The van der Waals surface area contributed by atoms with Crippen LogP contribution in [-0.4, -0.2) is 76.9 Å². The Bertz CT molecular complexity index is 2300. The van der Waals surface area contributed by atoms with E-state index in [1.807, 2.05) is 52.0 Å². The molecule has 2 amide bonds. The maximum atomic E-state index is 13.1. The van der Waals surface area contributed by atoms with Gasteiger partial charge in [-0.1, -0.05) is 48.5 Å². The van der Waals surface area contributed by atoms with Gasteiger partial charge in [-0.15, -0.1) is 0 Å². The second kappa shape index (κ2) is 15.4. The number of rotatable bonds is 12. The summed E-state index contributed by atoms with van der Waals surface area (Å²) in [5, 5.41) is 0. The molecule has 0 saturated carbocycles. The Labute approximate surface area is 316 Å². The first-order valence-electron chi connectivity index (χ1n) is 19.0. The van der Waals surface area contributed by atoms with Gasteiger partial charge >= 0.3 is 0 Å². The van der Waals surface area contributed by atoms with Gasteiger partial charge in [-0.25, -0.2) is 19.9 Å². The van der Waals surface area contributed by atoms with Gasteiger partial charge in [0.05, 0.1) is 22.1 Å². The predicted octanol–water partition coefficient (Wildman–Crippen LogP) is 8.85. The molecule has 4 aromatic heterocycles. The third-order valence-electron chi connectivity index (χ3n) is 10.2. The molecule has 0 aliphatic rings. The second-order valence-electron chi connectivity index (χ2n) is 13.1. The van der Waals surface area contributed by atoms with Crippen molar-refractivity contribution in [2.75, 3.05) is 26.2 Å². The fourth-order valence-corrected chi connectivity index (χ4v) is 7.21. The predicted molar refractivity (Wildman–Crippen MR) is 216 cm³/mol. The molecule has 3 aromatic carbocycles. The lowest BCUT2D eigenvalue weighted by Crippen LogP contribution is -2.31. The number of aromatic nitrogens is 6. The van der Waals surface area contributed by atoms with Gasteiger partial charge in [0.15, 0.2) is 11.6 Å². The first kappa shape index (κ1) is 36.2. The number of benzene rings is 3. The van der Waals surface area contributed by atoms with Gasteiger partial charge < -0.3 is 18.9 Å². The minimum absolute atomic E-state index is 0.0738. The van der Waals surface area contributed by atoms with Crippen molar-refractivity contribution < 1.29 is 9.59 Å². The van der Waals surface area contributed by atoms with Crippen molar-refractivity contribution in [2.45, 2.75) is 54.6 Å². The molecule has 7 aromatic rings. The summed E-state index contributed by atoms with van der Waals surface area (Å²) in [4.78, 5) is 49.2. The number of fused-ring (bicyclic) bond motifs is 2. The molecule has 54 heavy (non-hydrogen) atoms. The van der Waals surface area contributed by atoms with Crippen molar-refractivity contribution >= 4 is 33.9 Å². The van der Waals surface area contributed by atoms with Crippen LogP contribution in [-0.2, 0) is 13.1 Å². The van der Waals surface area contributed by atoms with Gasteiger partial charge in [-0.05, 0) is 112 Å². The number of carbonyl (C=O) groups is 2. The first-order chi connectivity index (χ1) is 26.3. The third kappa shape index (κ3) is 6.64. The van der Waals surface area contributed by atoms with E-state index in [0.717, 1.165) is 69.1 Å². The smallest absolute Gasteiger partial charge is 0.272 e. The van der Waals surface area contributed by atoms with E-state index in [0.29, 0.717) is 49.0 Å². The molecule has 0 radical (unpaired) electrons. The SMILES string of the molecule is CCN(CC)C(=O)c1cccc(-c2nc3cc(-c4ccc(-c5ccc6c(c5)nc(-c5cccc(C(=O)N(CC)CC)n5)n6CC)cc4)ccc3n2CC)n1. The highest BCUT2D eigenvalue weighted by atomic mass is 16.2. The maximum absolute atomic E-state index is 13.1. The number of hydrogen-bond acceptors (Lipinski definition) is 6. The van der Waals surface area contributed by atoms with Crippen LogP contribution in [0.15, 0.2) is 97.1 Å². The fourth-order valence-electron chi connectivity index (χ4n) is 7.21. The Morgan fingerprint density at radius 1 is 0.481 bits per heavy atom. The van der Waals surface area contributed by atoms with Crippen molar-refractivity contribution in [2.24, 2.45) is 0 Å². The highest BCUT2D eigenvalue weighted by molar-refractivity contribution is 5.94. The van der Waals surface area contributed by atoms with Gasteiger partial charge in [-0.3, -0.25) is 9.59 Å². The average Bonchev–Trinajstić information content (AvgIpc) is 3.79. The minimum Gasteiger partial charge on any atom is -0.338 e. The summed E-state index contributed by atoms with van der Waals surface area (Å²) in [7, 11) is 0. The molecule has 7 rings (SSSR count). The number of imidazole rings is 2. The van der Waals surface area contributed by atoms with Crippen molar-refractivity contribution in [3.63, 3.8) is 0 Å². The lowest BCUT2D eigenvalue weighted by atomic mass is 10.00. The Morgan fingerprint density at radius 3 is 1.20 bits per heavy atom. The number of carbonyl (C=O) groups excluding carboxylic acids is 2. The minimum atomic E-state index is -0.0738. The topological polar surface area (TPSA) is 102 Å². The van der Waals surface area contributed by atoms with E-state index in [-0.39, 0.29) is 11.8 Å². The molecule has 10 nitrogen and oxygen atoms in total. The van der Waals surface area contributed by atoms with Crippen molar-refractivity contribution in [3.05, 3.63) is 108 Å². The summed E-state index contributed by atoms with van der Waals surface area (Å²) in [5.74, 6) is 1.34. The molecule has 0 aliphatic heterocycles. The van der Waals surface area contributed by atoms with Crippen LogP contribution in [0.5, 0.6) is 0 Å². The van der Waals surface area contributed by atoms with Crippen molar-refractivity contribution in [3.8, 4) is 45.3 Å². The molecule has 4 heterocycles. The lowest BCUT2D eigenvalue weighted by molar-refractivity contribution is 0.0759. The zero-order chi connectivity index (χ0) is 37.9. The van der Waals surface area contributed by atoms with Crippen molar-refractivity contribution in [1.29, 1.82) is 0 Å². The van der Waals surface area contributed by atoms with E-state index in [1.54, 1.807) is 21.9 Å². The zero-order valence-electron chi connectivity index (χ0n) is 31.9. The number of amides is 2. The Kier molecular flexibility index (Phi) is 10.4. The van der Waals surface area contributed by atoms with E-state index in [9.17, 15) is 9.59 Å². The number of nitrogens with zero attached hydrogens (tertiary/aromatic N) is 8. The quantitative estimate of drug-likeness (QED) is 0.125. The lowest BCUT2D eigenvalue weighted by Gasteiger charge is -2.18. The van der Waals surface area contributed by atoms with Gasteiger partial charge in [0.1, 0.15) is 22.8 Å². The van der Waals surface area contributed by atoms with Gasteiger partial charge in [0.2, 0.25) is 0 Å². The molecule has 0 saturated heterocycles. The Balaban J connectivity index is 1.17. The summed E-state index contributed by atoms with van der Waals surface area (Å²) in [5.41, 5.74) is 10.3. The van der Waals surface area contributed by atoms with Crippen molar-refractivity contribution in [1.82, 2.24) is 38.9 Å². The molecular weight excluding hydrogens is 673 g/mol. The standard InChI is InChI=1S/C44H46N8O2/c1-7-49(8-2)43(53)35-17-13-15-33(45-35)41-47-37-27-31(23-25-39(37)51(41)11-5)29-19-21-30(22-20-29)32-24-26-40-38(28-32)48-42(52(40)12-6)34-16-14-18-36(46-34)44(54)50(9-3)10-4/h13-28H,7-12H2,1-6H3. The highest BCUT2D eigenvalue weighted by Crippen LogP contribution is 2.32. The van der Waals surface area contributed by atoms with E-state index < -0.39 is 0 Å². The molecule has 0 fully saturated rings. The number of hydrogen-bond donors (Lipinski definition) is 0. The summed E-state index contributed by atoms with van der Waals surface area (Å²) in [6.45, 7) is 16.1.